The predicted octanol–water partition coefficient (Wildman–Crippen LogP) is 11.8. The number of unbranched alkanes of at least 4 members (excludes halogenated alkanes) is 26. The summed E-state index contributed by atoms with van der Waals surface area (Å²) in [5.74, 6) is -0.649. The van der Waals surface area contributed by atoms with Gasteiger partial charge in [0.15, 0.2) is 0 Å². The van der Waals surface area contributed by atoms with Crippen LogP contribution in [0.25, 0.3) is 0 Å². The van der Waals surface area contributed by atoms with Gasteiger partial charge < -0.3 is 10.4 Å². The van der Waals surface area contributed by atoms with Crippen LogP contribution in [-0.4, -0.2) is 23.7 Å². The lowest BCUT2D eigenvalue weighted by atomic mass is 9.86. The monoisotopic (exact) mass is 538 g/mol. The van der Waals surface area contributed by atoms with E-state index >= 15 is 0 Å². The summed E-state index contributed by atoms with van der Waals surface area (Å²) in [6.07, 6.45) is 39.1. The van der Waals surface area contributed by atoms with Gasteiger partial charge in [-0.05, 0) is 19.9 Å². The summed E-state index contributed by atoms with van der Waals surface area (Å²) in [6, 6.07) is 0. The lowest BCUT2D eigenvalue weighted by molar-refractivity contribution is -0.145. The first-order valence-electron chi connectivity index (χ1n) is 17.5. The zero-order valence-corrected chi connectivity index (χ0v) is 26.6. The van der Waals surface area contributed by atoms with Crippen LogP contribution in [0.15, 0.2) is 0 Å². The molecule has 0 bridgehead atoms. The minimum absolute atomic E-state index is 0.649. The Hall–Kier alpha value is -0.570. The molecule has 0 aromatic rings. The van der Waals surface area contributed by atoms with Crippen molar-refractivity contribution in [3.63, 3.8) is 0 Å². The summed E-state index contributed by atoms with van der Waals surface area (Å²) in [4.78, 5) is 12.1. The maximum Gasteiger partial charge on any atom is 0.323 e. The molecule has 0 aromatic carbocycles. The summed E-state index contributed by atoms with van der Waals surface area (Å²) >= 11 is 0. The zero-order chi connectivity index (χ0) is 28.0. The van der Waals surface area contributed by atoms with Gasteiger partial charge >= 0.3 is 5.97 Å². The molecule has 0 saturated heterocycles. The molecule has 0 aliphatic heterocycles. The quantitative estimate of drug-likeness (QED) is 0.0839. The van der Waals surface area contributed by atoms with E-state index < -0.39 is 11.5 Å². The molecule has 3 nitrogen and oxygen atoms in total. The van der Waals surface area contributed by atoms with Crippen LogP contribution < -0.4 is 5.32 Å². The second-order valence-corrected chi connectivity index (χ2v) is 12.3. The van der Waals surface area contributed by atoms with Crippen LogP contribution >= 0.6 is 0 Å². The molecule has 0 rings (SSSR count). The van der Waals surface area contributed by atoms with Crippen LogP contribution in [0.3, 0.4) is 0 Å². The third-order valence-electron chi connectivity index (χ3n) is 8.80. The second kappa shape index (κ2) is 29.4. The van der Waals surface area contributed by atoms with Crippen LogP contribution in [0.2, 0.25) is 0 Å². The van der Waals surface area contributed by atoms with E-state index in [1.807, 2.05) is 7.05 Å². The first-order valence-corrected chi connectivity index (χ1v) is 17.5. The minimum Gasteiger partial charge on any atom is -0.480 e. The van der Waals surface area contributed by atoms with Crippen molar-refractivity contribution in [1.82, 2.24) is 5.32 Å². The Bertz CT molecular complexity index is 447. The average Bonchev–Trinajstić information content (AvgIpc) is 2.92. The maximum absolute atomic E-state index is 12.1. The Kier molecular flexibility index (Phi) is 29.0. The summed E-state index contributed by atoms with van der Waals surface area (Å²) in [6.45, 7) is 4.57. The molecular formula is C35H71NO2. The lowest BCUT2D eigenvalue weighted by Gasteiger charge is -2.29. The van der Waals surface area contributed by atoms with Crippen LogP contribution in [-0.2, 0) is 4.79 Å². The van der Waals surface area contributed by atoms with Gasteiger partial charge in [-0.15, -0.1) is 0 Å². The summed E-state index contributed by atoms with van der Waals surface area (Å²) in [5.41, 5.74) is -0.714. The SMILES string of the molecule is CCCCCCCCCCCCCCCCC(CCCCCCCCCCCCCCCC)(NC)C(=O)O. The van der Waals surface area contributed by atoms with Crippen molar-refractivity contribution < 1.29 is 9.90 Å². The molecule has 0 amide bonds. The number of carboxylic acid groups (broad SMARTS) is 1. The van der Waals surface area contributed by atoms with Gasteiger partial charge in [-0.25, -0.2) is 0 Å². The first kappa shape index (κ1) is 37.4. The number of carboxylic acids is 1. The third kappa shape index (κ3) is 23.3. The first-order chi connectivity index (χ1) is 18.6. The fourth-order valence-corrected chi connectivity index (χ4v) is 5.94. The molecule has 0 aliphatic carbocycles. The molecule has 0 atom stereocenters. The number of nitrogens with one attached hydrogen (secondary N) is 1. The standard InChI is InChI=1S/C35H71NO2/c1-4-6-8-10-12-14-16-18-20-22-24-26-28-30-32-35(36-3,34(37)38)33-31-29-27-25-23-21-19-17-15-13-11-9-7-5-2/h36H,4-33H2,1-3H3,(H,37,38). The highest BCUT2D eigenvalue weighted by atomic mass is 16.4. The molecule has 38 heavy (non-hydrogen) atoms. The van der Waals surface area contributed by atoms with E-state index in [-0.39, 0.29) is 0 Å². The molecule has 228 valence electrons. The van der Waals surface area contributed by atoms with Crippen LogP contribution in [0, 0.1) is 0 Å². The number of aliphatic carboxylic acids is 1. The number of rotatable bonds is 32. The highest BCUT2D eigenvalue weighted by Gasteiger charge is 2.35. The van der Waals surface area contributed by atoms with Gasteiger partial charge in [0, 0.05) is 0 Å². The summed E-state index contributed by atoms with van der Waals surface area (Å²) < 4.78 is 0. The largest absolute Gasteiger partial charge is 0.480 e. The average molecular weight is 538 g/mol. The molecule has 0 aromatic heterocycles. The Labute approximate surface area is 240 Å². The molecule has 0 fully saturated rings. The van der Waals surface area contributed by atoms with E-state index in [0.29, 0.717) is 0 Å². The topological polar surface area (TPSA) is 49.3 Å². The fraction of sp³-hybridized carbons (Fsp3) is 0.971. The number of carbonyl (C=O) groups is 1. The van der Waals surface area contributed by atoms with Gasteiger partial charge in [0.05, 0.1) is 0 Å². The number of likely N-dealkylation sites (N-methyl/N-ethyl adjacent to an activating group) is 1. The predicted molar refractivity (Wildman–Crippen MR) is 169 cm³/mol. The van der Waals surface area contributed by atoms with E-state index in [1.165, 1.54) is 167 Å². The van der Waals surface area contributed by atoms with Gasteiger partial charge in [0.1, 0.15) is 5.54 Å². The van der Waals surface area contributed by atoms with Crippen molar-refractivity contribution in [3.8, 4) is 0 Å². The van der Waals surface area contributed by atoms with Gasteiger partial charge in [-0.3, -0.25) is 4.79 Å². The highest BCUT2D eigenvalue weighted by Crippen LogP contribution is 2.24. The number of hydrogen-bond acceptors (Lipinski definition) is 2. The summed E-state index contributed by atoms with van der Waals surface area (Å²) in [7, 11) is 1.85. The van der Waals surface area contributed by atoms with Crippen molar-refractivity contribution in [2.75, 3.05) is 7.05 Å². The molecule has 3 heteroatoms. The zero-order valence-electron chi connectivity index (χ0n) is 26.6. The molecule has 0 spiro atoms. The molecule has 0 radical (unpaired) electrons. The minimum atomic E-state index is -0.714. The second-order valence-electron chi connectivity index (χ2n) is 12.3. The van der Waals surface area contributed by atoms with E-state index in [1.54, 1.807) is 0 Å². The molecular weight excluding hydrogens is 466 g/mol. The Morgan fingerprint density at radius 3 is 0.842 bits per heavy atom. The van der Waals surface area contributed by atoms with Crippen molar-refractivity contribution >= 4 is 5.97 Å². The van der Waals surface area contributed by atoms with E-state index in [2.05, 4.69) is 19.2 Å². The van der Waals surface area contributed by atoms with Crippen molar-refractivity contribution in [3.05, 3.63) is 0 Å². The highest BCUT2D eigenvalue weighted by molar-refractivity contribution is 5.78. The van der Waals surface area contributed by atoms with Gasteiger partial charge in [0.2, 0.25) is 0 Å². The van der Waals surface area contributed by atoms with Crippen molar-refractivity contribution in [2.45, 2.75) is 212 Å². The Morgan fingerprint density at radius 1 is 0.447 bits per heavy atom. The van der Waals surface area contributed by atoms with Crippen LogP contribution in [0.1, 0.15) is 206 Å². The van der Waals surface area contributed by atoms with Crippen LogP contribution in [0.4, 0.5) is 0 Å². The summed E-state index contributed by atoms with van der Waals surface area (Å²) in [5, 5.41) is 13.2. The molecule has 0 unspecified atom stereocenters. The van der Waals surface area contributed by atoms with Gasteiger partial charge in [-0.2, -0.15) is 0 Å². The maximum atomic E-state index is 12.1. The van der Waals surface area contributed by atoms with Crippen LogP contribution in [0.5, 0.6) is 0 Å². The molecule has 0 aliphatic rings. The van der Waals surface area contributed by atoms with Crippen molar-refractivity contribution in [1.29, 1.82) is 0 Å². The Balaban J connectivity index is 3.68. The fourth-order valence-electron chi connectivity index (χ4n) is 5.94. The van der Waals surface area contributed by atoms with E-state index in [9.17, 15) is 9.90 Å². The lowest BCUT2D eigenvalue weighted by Crippen LogP contribution is -2.50. The van der Waals surface area contributed by atoms with Crippen molar-refractivity contribution in [2.24, 2.45) is 0 Å². The van der Waals surface area contributed by atoms with E-state index in [0.717, 1.165) is 25.7 Å². The third-order valence-corrected chi connectivity index (χ3v) is 8.80. The normalized spacial score (nSPS) is 11.9. The van der Waals surface area contributed by atoms with Gasteiger partial charge in [0.25, 0.3) is 0 Å². The molecule has 0 heterocycles. The Morgan fingerprint density at radius 2 is 0.658 bits per heavy atom. The smallest absolute Gasteiger partial charge is 0.323 e. The molecule has 2 N–H and O–H groups in total. The van der Waals surface area contributed by atoms with Gasteiger partial charge in [-0.1, -0.05) is 194 Å². The number of hydrogen-bond donors (Lipinski definition) is 2. The van der Waals surface area contributed by atoms with E-state index in [4.69, 9.17) is 0 Å². The molecule has 0 saturated carbocycles.